The van der Waals surface area contributed by atoms with Gasteiger partial charge < -0.3 is 15.0 Å². The molecule has 2 N–H and O–H groups in total. The molecule has 27 heavy (non-hydrogen) atoms. The summed E-state index contributed by atoms with van der Waals surface area (Å²) in [5, 5.41) is 3.96. The number of H-pyrrole nitrogens is 1. The van der Waals surface area contributed by atoms with Gasteiger partial charge in [0, 0.05) is 34.2 Å². The third-order valence-corrected chi connectivity index (χ3v) is 4.49. The average molecular weight is 389 g/mol. The quantitative estimate of drug-likeness (QED) is 0.609. The highest BCUT2D eigenvalue weighted by Crippen LogP contribution is 2.20. The van der Waals surface area contributed by atoms with Crippen molar-refractivity contribution >= 4 is 34.4 Å². The van der Waals surface area contributed by atoms with Gasteiger partial charge in [0.05, 0.1) is 6.42 Å². The fraction of sp³-hybridized carbons (Fsp3) is 0.200. The van der Waals surface area contributed by atoms with Crippen molar-refractivity contribution < 1.29 is 18.7 Å². The first-order chi connectivity index (χ1) is 13.0. The Morgan fingerprint density at radius 2 is 1.96 bits per heavy atom. The number of hydrogen-bond acceptors (Lipinski definition) is 3. The predicted molar refractivity (Wildman–Crippen MR) is 101 cm³/mol. The molecular formula is C20H18ClFN2O3. The molecule has 0 saturated heterocycles. The maximum absolute atomic E-state index is 13.6. The summed E-state index contributed by atoms with van der Waals surface area (Å²) < 4.78 is 18.5. The van der Waals surface area contributed by atoms with Crippen LogP contribution in [0.4, 0.5) is 4.39 Å². The largest absolute Gasteiger partial charge is 0.455 e. The van der Waals surface area contributed by atoms with Crippen LogP contribution in [-0.2, 0) is 27.2 Å². The van der Waals surface area contributed by atoms with E-state index in [9.17, 15) is 14.0 Å². The Hall–Kier alpha value is -2.86. The Morgan fingerprint density at radius 1 is 1.15 bits per heavy atom. The standard InChI is InChI=1S/C20H18ClFN2O3/c21-16-5-3-6-17(22)15(16)10-20(26)27-12-19(25)23-9-8-13-11-24-18-7-2-1-4-14(13)18/h1-7,11,24H,8-10,12H2,(H,23,25). The van der Waals surface area contributed by atoms with E-state index in [1.165, 1.54) is 18.2 Å². The molecule has 1 aromatic heterocycles. The van der Waals surface area contributed by atoms with Crippen LogP contribution in [0.3, 0.4) is 0 Å². The number of fused-ring (bicyclic) bond motifs is 1. The van der Waals surface area contributed by atoms with E-state index in [0.717, 1.165) is 16.5 Å². The summed E-state index contributed by atoms with van der Waals surface area (Å²) in [7, 11) is 0. The summed E-state index contributed by atoms with van der Waals surface area (Å²) in [6, 6.07) is 12.1. The van der Waals surface area contributed by atoms with Crippen LogP contribution >= 0.6 is 11.6 Å². The van der Waals surface area contributed by atoms with E-state index >= 15 is 0 Å². The first-order valence-electron chi connectivity index (χ1n) is 8.45. The number of aromatic nitrogens is 1. The molecule has 2 aromatic carbocycles. The smallest absolute Gasteiger partial charge is 0.310 e. The molecule has 0 bridgehead atoms. The number of aromatic amines is 1. The molecule has 0 aliphatic heterocycles. The lowest BCUT2D eigenvalue weighted by atomic mass is 10.1. The highest BCUT2D eigenvalue weighted by Gasteiger charge is 2.14. The first kappa shape index (κ1) is 18.9. The van der Waals surface area contributed by atoms with E-state index in [-0.39, 0.29) is 17.0 Å². The minimum absolute atomic E-state index is 0.0592. The zero-order chi connectivity index (χ0) is 19.2. The van der Waals surface area contributed by atoms with Crippen molar-refractivity contribution in [3.8, 4) is 0 Å². The number of carbonyl (C=O) groups is 2. The van der Waals surface area contributed by atoms with Crippen LogP contribution in [-0.4, -0.2) is 30.0 Å². The fourth-order valence-electron chi connectivity index (χ4n) is 2.77. The number of carbonyl (C=O) groups excluding carboxylic acids is 2. The number of hydrogen-bond donors (Lipinski definition) is 2. The Morgan fingerprint density at radius 3 is 2.78 bits per heavy atom. The number of rotatable bonds is 7. The number of halogens is 2. The topological polar surface area (TPSA) is 71.2 Å². The minimum atomic E-state index is -0.714. The fourth-order valence-corrected chi connectivity index (χ4v) is 3.00. The van der Waals surface area contributed by atoms with E-state index in [1.807, 2.05) is 30.5 Å². The minimum Gasteiger partial charge on any atom is -0.455 e. The number of nitrogens with one attached hydrogen (secondary N) is 2. The molecule has 140 valence electrons. The third-order valence-electron chi connectivity index (χ3n) is 4.14. The van der Waals surface area contributed by atoms with Gasteiger partial charge in [-0.1, -0.05) is 35.9 Å². The van der Waals surface area contributed by atoms with Crippen molar-refractivity contribution in [1.82, 2.24) is 10.3 Å². The second-order valence-electron chi connectivity index (χ2n) is 6.00. The Bertz CT molecular complexity index is 951. The summed E-state index contributed by atoms with van der Waals surface area (Å²) in [4.78, 5) is 26.8. The van der Waals surface area contributed by atoms with Crippen molar-refractivity contribution in [3.05, 3.63) is 70.6 Å². The average Bonchev–Trinajstić information content (AvgIpc) is 3.06. The zero-order valence-corrected chi connectivity index (χ0v) is 15.2. The van der Waals surface area contributed by atoms with Crippen LogP contribution < -0.4 is 5.32 Å². The summed E-state index contributed by atoms with van der Waals surface area (Å²) in [6.45, 7) is -0.00381. The van der Waals surface area contributed by atoms with Crippen molar-refractivity contribution in [2.45, 2.75) is 12.8 Å². The normalized spacial score (nSPS) is 10.7. The highest BCUT2D eigenvalue weighted by molar-refractivity contribution is 6.31. The van der Waals surface area contributed by atoms with Gasteiger partial charge in [-0.25, -0.2) is 4.39 Å². The maximum atomic E-state index is 13.6. The van der Waals surface area contributed by atoms with Gasteiger partial charge in [-0.3, -0.25) is 9.59 Å². The summed E-state index contributed by atoms with van der Waals surface area (Å²) in [6.07, 6.45) is 2.23. The Kier molecular flexibility index (Phi) is 6.08. The van der Waals surface area contributed by atoms with Gasteiger partial charge in [0.15, 0.2) is 6.61 Å². The lowest BCUT2D eigenvalue weighted by Crippen LogP contribution is -2.30. The molecule has 7 heteroatoms. The lowest BCUT2D eigenvalue weighted by Gasteiger charge is -2.08. The second kappa shape index (κ2) is 8.68. The van der Waals surface area contributed by atoms with Crippen LogP contribution in [0.15, 0.2) is 48.7 Å². The summed E-state index contributed by atoms with van der Waals surface area (Å²) in [5.74, 6) is -1.71. The molecular weight excluding hydrogens is 371 g/mol. The van der Waals surface area contributed by atoms with Crippen molar-refractivity contribution in [1.29, 1.82) is 0 Å². The van der Waals surface area contributed by atoms with Crippen molar-refractivity contribution in [2.75, 3.05) is 13.2 Å². The molecule has 0 radical (unpaired) electrons. The highest BCUT2D eigenvalue weighted by atomic mass is 35.5. The van der Waals surface area contributed by atoms with Gasteiger partial charge in [-0.15, -0.1) is 0 Å². The number of esters is 1. The van der Waals surface area contributed by atoms with Gasteiger partial charge in [-0.2, -0.15) is 0 Å². The molecule has 1 amide bonds. The van der Waals surface area contributed by atoms with Crippen LogP contribution in [0.25, 0.3) is 10.9 Å². The van der Waals surface area contributed by atoms with Gasteiger partial charge in [0.1, 0.15) is 5.82 Å². The Balaban J connectivity index is 1.42. The van der Waals surface area contributed by atoms with E-state index in [1.54, 1.807) is 0 Å². The lowest BCUT2D eigenvalue weighted by molar-refractivity contribution is -0.147. The van der Waals surface area contributed by atoms with Crippen molar-refractivity contribution in [3.63, 3.8) is 0 Å². The molecule has 0 saturated carbocycles. The SMILES string of the molecule is O=C(COC(=O)Cc1c(F)cccc1Cl)NCCc1c[nH]c2ccccc12. The molecule has 5 nitrogen and oxygen atoms in total. The number of amides is 1. The molecule has 0 aliphatic rings. The molecule has 0 aliphatic carbocycles. The zero-order valence-electron chi connectivity index (χ0n) is 14.4. The van der Waals surface area contributed by atoms with Crippen LogP contribution in [0.5, 0.6) is 0 Å². The molecule has 1 heterocycles. The summed E-state index contributed by atoms with van der Waals surface area (Å²) >= 11 is 5.87. The third kappa shape index (κ3) is 4.86. The van der Waals surface area contributed by atoms with Gasteiger partial charge in [-0.05, 0) is 30.2 Å². The molecule has 3 rings (SSSR count). The molecule has 3 aromatic rings. The monoisotopic (exact) mass is 388 g/mol. The molecule has 0 fully saturated rings. The number of benzene rings is 2. The molecule has 0 spiro atoms. The maximum Gasteiger partial charge on any atom is 0.310 e. The van der Waals surface area contributed by atoms with E-state index in [4.69, 9.17) is 16.3 Å². The van der Waals surface area contributed by atoms with Crippen molar-refractivity contribution in [2.24, 2.45) is 0 Å². The molecule has 0 atom stereocenters. The van der Waals surface area contributed by atoms with Crippen LogP contribution in [0.1, 0.15) is 11.1 Å². The second-order valence-corrected chi connectivity index (χ2v) is 6.40. The van der Waals surface area contributed by atoms with E-state index in [2.05, 4.69) is 10.3 Å². The first-order valence-corrected chi connectivity index (χ1v) is 8.82. The number of para-hydroxylation sites is 1. The predicted octanol–water partition coefficient (Wildman–Crippen LogP) is 3.41. The Labute approximate surface area is 160 Å². The van der Waals surface area contributed by atoms with Crippen LogP contribution in [0, 0.1) is 5.82 Å². The van der Waals surface area contributed by atoms with Gasteiger partial charge in [0.2, 0.25) is 0 Å². The number of ether oxygens (including phenoxy) is 1. The summed E-state index contributed by atoms with van der Waals surface area (Å²) in [5.41, 5.74) is 2.19. The van der Waals surface area contributed by atoms with E-state index in [0.29, 0.717) is 13.0 Å². The van der Waals surface area contributed by atoms with Crippen LogP contribution in [0.2, 0.25) is 5.02 Å². The van der Waals surface area contributed by atoms with E-state index < -0.39 is 24.3 Å². The van der Waals surface area contributed by atoms with Gasteiger partial charge in [0.25, 0.3) is 5.91 Å². The molecule has 0 unspecified atom stereocenters. The van der Waals surface area contributed by atoms with Gasteiger partial charge >= 0.3 is 5.97 Å².